The zero-order valence-corrected chi connectivity index (χ0v) is 13.4. The molecule has 0 aliphatic carbocycles. The number of piperidine rings is 1. The molecule has 0 bridgehead atoms. The van der Waals surface area contributed by atoms with E-state index in [2.05, 4.69) is 31.5 Å². The second-order valence-electron chi connectivity index (χ2n) is 5.40. The van der Waals surface area contributed by atoms with E-state index >= 15 is 0 Å². The molecule has 1 amide bonds. The average molecular weight is 340 g/mol. The van der Waals surface area contributed by atoms with Crippen molar-refractivity contribution in [3.05, 3.63) is 28.7 Å². The predicted octanol–water partition coefficient (Wildman–Crippen LogP) is 2.46. The van der Waals surface area contributed by atoms with Gasteiger partial charge < -0.3 is 10.6 Å². The topological polar surface area (TPSA) is 44.4 Å². The van der Waals surface area contributed by atoms with Gasteiger partial charge in [-0.15, -0.1) is 0 Å². The minimum atomic E-state index is 0.0330. The molecule has 1 fully saturated rings. The number of benzene rings is 1. The third-order valence-corrected chi connectivity index (χ3v) is 4.01. The zero-order valence-electron chi connectivity index (χ0n) is 11.9. The molecule has 0 spiro atoms. The van der Waals surface area contributed by atoms with Crippen LogP contribution in [0.1, 0.15) is 19.3 Å². The standard InChI is InChI=1S/C15H22BrN3O/c1-19(10-14-4-2-3-9-17-14)11-15(20)18-13-7-5-12(16)6-8-13/h5-8,14,17H,2-4,9-11H2,1H3,(H,18,20). The van der Waals surface area contributed by atoms with Crippen LogP contribution < -0.4 is 10.6 Å². The Morgan fingerprint density at radius 3 is 2.80 bits per heavy atom. The van der Waals surface area contributed by atoms with E-state index in [1.807, 2.05) is 31.3 Å². The maximum atomic E-state index is 12.0. The van der Waals surface area contributed by atoms with Crippen LogP contribution in [-0.2, 0) is 4.79 Å². The van der Waals surface area contributed by atoms with Gasteiger partial charge in [0.25, 0.3) is 0 Å². The molecule has 0 saturated carbocycles. The fraction of sp³-hybridized carbons (Fsp3) is 0.533. The summed E-state index contributed by atoms with van der Waals surface area (Å²) in [4.78, 5) is 14.0. The first-order chi connectivity index (χ1) is 9.63. The Morgan fingerprint density at radius 2 is 2.15 bits per heavy atom. The van der Waals surface area contributed by atoms with Gasteiger partial charge in [-0.2, -0.15) is 0 Å². The first-order valence-electron chi connectivity index (χ1n) is 7.11. The number of nitrogens with one attached hydrogen (secondary N) is 2. The molecule has 20 heavy (non-hydrogen) atoms. The number of carbonyl (C=O) groups is 1. The van der Waals surface area contributed by atoms with E-state index in [1.165, 1.54) is 19.3 Å². The fourth-order valence-corrected chi connectivity index (χ4v) is 2.76. The van der Waals surface area contributed by atoms with E-state index in [0.717, 1.165) is 23.2 Å². The van der Waals surface area contributed by atoms with Gasteiger partial charge in [0.05, 0.1) is 6.54 Å². The molecule has 5 heteroatoms. The summed E-state index contributed by atoms with van der Waals surface area (Å²) in [7, 11) is 2.00. The Kier molecular flexibility index (Phi) is 6.01. The van der Waals surface area contributed by atoms with Gasteiger partial charge in [-0.3, -0.25) is 9.69 Å². The average Bonchev–Trinajstić information content (AvgIpc) is 2.42. The van der Waals surface area contributed by atoms with Crippen molar-refractivity contribution in [3.8, 4) is 0 Å². The molecular formula is C15H22BrN3O. The van der Waals surface area contributed by atoms with Crippen LogP contribution in [0.3, 0.4) is 0 Å². The summed E-state index contributed by atoms with van der Waals surface area (Å²) in [5.41, 5.74) is 0.836. The zero-order chi connectivity index (χ0) is 14.4. The summed E-state index contributed by atoms with van der Waals surface area (Å²) in [5.74, 6) is 0.0330. The van der Waals surface area contributed by atoms with Crippen LogP contribution in [0.4, 0.5) is 5.69 Å². The van der Waals surface area contributed by atoms with Crippen molar-refractivity contribution in [3.63, 3.8) is 0 Å². The number of amides is 1. The highest BCUT2D eigenvalue weighted by Gasteiger charge is 2.16. The highest BCUT2D eigenvalue weighted by molar-refractivity contribution is 9.10. The number of anilines is 1. The number of rotatable bonds is 5. The second kappa shape index (κ2) is 7.76. The smallest absolute Gasteiger partial charge is 0.238 e. The van der Waals surface area contributed by atoms with Crippen molar-refractivity contribution in [2.75, 3.05) is 32.0 Å². The van der Waals surface area contributed by atoms with Crippen LogP contribution in [0.5, 0.6) is 0 Å². The lowest BCUT2D eigenvalue weighted by atomic mass is 10.0. The SMILES string of the molecule is CN(CC(=O)Nc1ccc(Br)cc1)CC1CCCCN1. The highest BCUT2D eigenvalue weighted by Crippen LogP contribution is 2.14. The molecule has 1 heterocycles. The Labute approximate surface area is 129 Å². The third-order valence-electron chi connectivity index (χ3n) is 3.49. The van der Waals surface area contributed by atoms with Crippen molar-refractivity contribution in [2.24, 2.45) is 0 Å². The predicted molar refractivity (Wildman–Crippen MR) is 85.9 cm³/mol. The van der Waals surface area contributed by atoms with Crippen LogP contribution in [0, 0.1) is 0 Å². The van der Waals surface area contributed by atoms with E-state index in [1.54, 1.807) is 0 Å². The Hall–Kier alpha value is -0.910. The van der Waals surface area contributed by atoms with Gasteiger partial charge in [-0.1, -0.05) is 22.4 Å². The Bertz CT molecular complexity index is 429. The quantitative estimate of drug-likeness (QED) is 0.866. The number of likely N-dealkylation sites (N-methyl/N-ethyl adjacent to an activating group) is 1. The maximum absolute atomic E-state index is 12.0. The van der Waals surface area contributed by atoms with Crippen LogP contribution >= 0.6 is 15.9 Å². The summed E-state index contributed by atoms with van der Waals surface area (Å²) < 4.78 is 1.01. The van der Waals surface area contributed by atoms with E-state index in [4.69, 9.17) is 0 Å². The van der Waals surface area contributed by atoms with Gasteiger partial charge >= 0.3 is 0 Å². The molecule has 1 aromatic rings. The van der Waals surface area contributed by atoms with E-state index in [9.17, 15) is 4.79 Å². The summed E-state index contributed by atoms with van der Waals surface area (Å²) in [5, 5.41) is 6.42. The number of hydrogen-bond acceptors (Lipinski definition) is 3. The van der Waals surface area contributed by atoms with Crippen LogP contribution in [0.2, 0.25) is 0 Å². The Balaban J connectivity index is 1.74. The van der Waals surface area contributed by atoms with E-state index in [0.29, 0.717) is 12.6 Å². The lowest BCUT2D eigenvalue weighted by molar-refractivity contribution is -0.117. The van der Waals surface area contributed by atoms with Crippen molar-refractivity contribution >= 4 is 27.5 Å². The molecule has 0 radical (unpaired) electrons. The van der Waals surface area contributed by atoms with Crippen LogP contribution in [0.15, 0.2) is 28.7 Å². The number of halogens is 1. The molecule has 1 aromatic carbocycles. The summed E-state index contributed by atoms with van der Waals surface area (Å²) in [6.07, 6.45) is 3.76. The van der Waals surface area contributed by atoms with Crippen molar-refractivity contribution in [1.29, 1.82) is 0 Å². The largest absolute Gasteiger partial charge is 0.325 e. The normalized spacial score (nSPS) is 19.1. The summed E-state index contributed by atoms with van der Waals surface area (Å²) in [6, 6.07) is 8.15. The first kappa shape index (κ1) is 15.5. The molecule has 0 aromatic heterocycles. The van der Waals surface area contributed by atoms with Gasteiger partial charge in [0, 0.05) is 22.7 Å². The van der Waals surface area contributed by atoms with E-state index in [-0.39, 0.29) is 5.91 Å². The molecular weight excluding hydrogens is 318 g/mol. The molecule has 110 valence electrons. The van der Waals surface area contributed by atoms with E-state index < -0.39 is 0 Å². The molecule has 1 aliphatic heterocycles. The molecule has 1 saturated heterocycles. The maximum Gasteiger partial charge on any atom is 0.238 e. The van der Waals surface area contributed by atoms with Gasteiger partial charge in [0.15, 0.2) is 0 Å². The molecule has 2 rings (SSSR count). The van der Waals surface area contributed by atoms with Crippen molar-refractivity contribution in [1.82, 2.24) is 10.2 Å². The minimum absolute atomic E-state index is 0.0330. The molecule has 1 atom stereocenters. The minimum Gasteiger partial charge on any atom is -0.325 e. The van der Waals surface area contributed by atoms with Crippen molar-refractivity contribution < 1.29 is 4.79 Å². The second-order valence-corrected chi connectivity index (χ2v) is 6.31. The number of hydrogen-bond donors (Lipinski definition) is 2. The Morgan fingerprint density at radius 1 is 1.40 bits per heavy atom. The number of carbonyl (C=O) groups excluding carboxylic acids is 1. The highest BCUT2D eigenvalue weighted by atomic mass is 79.9. The molecule has 1 aliphatic rings. The fourth-order valence-electron chi connectivity index (χ4n) is 2.50. The molecule has 2 N–H and O–H groups in total. The van der Waals surface area contributed by atoms with Gasteiger partial charge in [-0.25, -0.2) is 0 Å². The van der Waals surface area contributed by atoms with Gasteiger partial charge in [0.1, 0.15) is 0 Å². The summed E-state index contributed by atoms with van der Waals surface area (Å²) in [6.45, 7) is 2.45. The monoisotopic (exact) mass is 339 g/mol. The first-order valence-corrected chi connectivity index (χ1v) is 7.90. The van der Waals surface area contributed by atoms with Gasteiger partial charge in [-0.05, 0) is 50.7 Å². The van der Waals surface area contributed by atoms with Gasteiger partial charge in [0.2, 0.25) is 5.91 Å². The van der Waals surface area contributed by atoms with Crippen LogP contribution in [0.25, 0.3) is 0 Å². The lowest BCUT2D eigenvalue weighted by Gasteiger charge is -2.27. The third kappa shape index (κ3) is 5.23. The number of nitrogens with zero attached hydrogens (tertiary/aromatic N) is 1. The van der Waals surface area contributed by atoms with Crippen LogP contribution in [-0.4, -0.2) is 43.5 Å². The lowest BCUT2D eigenvalue weighted by Crippen LogP contribution is -2.44. The summed E-state index contributed by atoms with van der Waals surface area (Å²) >= 11 is 3.38. The molecule has 4 nitrogen and oxygen atoms in total. The van der Waals surface area contributed by atoms with Crippen molar-refractivity contribution in [2.45, 2.75) is 25.3 Å². The molecule has 1 unspecified atom stereocenters.